The lowest BCUT2D eigenvalue weighted by Gasteiger charge is -2.50. The average molecular weight is 1060 g/mol. The number of hydrogen-bond donors (Lipinski definition) is 13. The van der Waals surface area contributed by atoms with Crippen LogP contribution >= 0.6 is 0 Å². The van der Waals surface area contributed by atoms with Gasteiger partial charge in [0.2, 0.25) is 11.8 Å². The van der Waals surface area contributed by atoms with Crippen LogP contribution in [0.4, 0.5) is 0 Å². The minimum Gasteiger partial charge on any atom is -0.479 e. The van der Waals surface area contributed by atoms with Crippen molar-refractivity contribution in [3.05, 3.63) is 10.4 Å². The van der Waals surface area contributed by atoms with Crippen molar-refractivity contribution in [3.63, 3.8) is 0 Å². The van der Waals surface area contributed by atoms with Crippen LogP contribution in [0.25, 0.3) is 10.4 Å². The van der Waals surface area contributed by atoms with E-state index < -0.39 is 180 Å². The van der Waals surface area contributed by atoms with Crippen LogP contribution in [0.15, 0.2) is 5.11 Å². The molecule has 0 aromatic carbocycles. The monoisotopic (exact) mass is 1060 g/mol. The summed E-state index contributed by atoms with van der Waals surface area (Å²) in [6, 6.07) is -3.87. The van der Waals surface area contributed by atoms with Crippen molar-refractivity contribution in [2.75, 3.05) is 26.4 Å². The van der Waals surface area contributed by atoms with Gasteiger partial charge in [0.25, 0.3) is 0 Å². The van der Waals surface area contributed by atoms with Crippen molar-refractivity contribution in [3.8, 4) is 0 Å². The summed E-state index contributed by atoms with van der Waals surface area (Å²) in [6.07, 6.45) is -39.1. The molecule has 0 spiro atoms. The Labute approximate surface area is 396 Å². The highest BCUT2D eigenvalue weighted by atomic mass is 32.3. The first-order chi connectivity index (χ1) is 32.7. The standard InChI is InChI=1S/C34H55N5O29S2/c1-11(42)37-15-24(22(67-69(53,54)55)13(9-40)60-31(15)59-8-6-4-3-5-7-36-39-35)62-34-21(48)19(46)26(28(66-34)30(51)52)64-32-16(38-12(2)43)25(23(14(10-41)61-32)68-70(56,57)58)63-33-20(47)17(44)18(45)27(65-33)29(49)50/h13-28,31-34,40-41,44-48H,3-10H2,1-2H3,(H,37,42)(H,38,43)(H,49,50)(H,51,52)(H,53,54,55)(H,56,57,58)/t13-,14-,15-,16-,17+,18+,19-,20-,21-,22-,23-,24-,25-,26+,27+,28+,31-,32+,33-,34-/m1/s1. The number of unbranched alkanes of at least 4 members (excludes halogenated alkanes) is 3. The molecular weight excluding hydrogens is 1010 g/mol. The Morgan fingerprint density at radius 1 is 0.586 bits per heavy atom. The second kappa shape index (κ2) is 25.8. The number of carboxylic acids is 2. The van der Waals surface area contributed by atoms with Gasteiger partial charge in [-0.1, -0.05) is 18.0 Å². The van der Waals surface area contributed by atoms with E-state index in [2.05, 4.69) is 24.8 Å². The minimum atomic E-state index is -5.61. The normalized spacial score (nSPS) is 38.2. The minimum absolute atomic E-state index is 0.130. The second-order valence-electron chi connectivity index (χ2n) is 15.9. The smallest absolute Gasteiger partial charge is 0.397 e. The lowest BCUT2D eigenvalue weighted by Crippen LogP contribution is -2.71. The van der Waals surface area contributed by atoms with Crippen molar-refractivity contribution in [2.24, 2.45) is 5.11 Å². The Morgan fingerprint density at radius 3 is 1.49 bits per heavy atom. The van der Waals surface area contributed by atoms with Gasteiger partial charge >= 0.3 is 32.7 Å². The fourth-order valence-electron chi connectivity index (χ4n) is 7.78. The van der Waals surface area contributed by atoms with Gasteiger partial charge in [-0.05, 0) is 18.4 Å². The van der Waals surface area contributed by atoms with Gasteiger partial charge in [0.1, 0.15) is 85.3 Å². The molecule has 4 saturated heterocycles. The van der Waals surface area contributed by atoms with Gasteiger partial charge in [-0.3, -0.25) is 18.7 Å². The zero-order chi connectivity index (χ0) is 52.4. The highest BCUT2D eigenvalue weighted by molar-refractivity contribution is 7.81. The summed E-state index contributed by atoms with van der Waals surface area (Å²) in [4.78, 5) is 52.5. The number of aliphatic hydroxyl groups is 7. The number of azide groups is 1. The van der Waals surface area contributed by atoms with E-state index in [9.17, 15) is 91.1 Å². The highest BCUT2D eigenvalue weighted by Crippen LogP contribution is 2.37. The van der Waals surface area contributed by atoms with Gasteiger partial charge in [0, 0.05) is 31.9 Å². The third-order valence-corrected chi connectivity index (χ3v) is 11.8. The van der Waals surface area contributed by atoms with Gasteiger partial charge in [-0.25, -0.2) is 18.0 Å². The molecule has 0 aromatic heterocycles. The summed E-state index contributed by atoms with van der Waals surface area (Å²) in [5.41, 5.74) is 8.45. The predicted octanol–water partition coefficient (Wildman–Crippen LogP) is -6.73. The molecule has 13 N–H and O–H groups in total. The highest BCUT2D eigenvalue weighted by Gasteiger charge is 2.59. The van der Waals surface area contributed by atoms with E-state index in [1.807, 2.05) is 0 Å². The SMILES string of the molecule is CC(=O)N[C@H]1[C@H](O[C@H]2[C@H](O)[C@@H](O)[C@H](O[C@@H]3[C@@H](NC(C)=O)[C@H](OCCCCCCN=[N+]=[N-])O[C@H](CO)[C@H]3OS(=O)(=O)O)O[C@@H]2C(=O)O)O[C@H](CO)[C@@H](OS(=O)(=O)O)[C@@H]1O[C@@H]1O[C@H](C(=O)O)[C@@H](O)[C@H](O)[C@H]1O. The third-order valence-electron chi connectivity index (χ3n) is 10.8. The van der Waals surface area contributed by atoms with Gasteiger partial charge in [0.15, 0.2) is 37.4 Å². The summed E-state index contributed by atoms with van der Waals surface area (Å²) in [5.74, 6) is -5.89. The first kappa shape index (κ1) is 58.9. The zero-order valence-electron chi connectivity index (χ0n) is 36.6. The van der Waals surface area contributed by atoms with Crippen LogP contribution in [-0.4, -0.2) is 245 Å². The maximum atomic E-state index is 12.9. The number of carboxylic acid groups (broad SMARTS) is 2. The zero-order valence-corrected chi connectivity index (χ0v) is 38.3. The fraction of sp³-hybridized carbons (Fsp3) is 0.882. The van der Waals surface area contributed by atoms with Crippen LogP contribution in [0.2, 0.25) is 0 Å². The summed E-state index contributed by atoms with van der Waals surface area (Å²) < 4.78 is 122. The van der Waals surface area contributed by atoms with E-state index in [1.165, 1.54) is 0 Å². The largest absolute Gasteiger partial charge is 0.479 e. The van der Waals surface area contributed by atoms with Gasteiger partial charge < -0.3 is 94.5 Å². The molecule has 0 bridgehead atoms. The lowest BCUT2D eigenvalue weighted by molar-refractivity contribution is -0.367. The molecule has 0 saturated carbocycles. The number of nitrogens with one attached hydrogen (secondary N) is 2. The molecule has 0 unspecified atom stereocenters. The molecule has 4 rings (SSSR count). The van der Waals surface area contributed by atoms with Crippen molar-refractivity contribution in [2.45, 2.75) is 162 Å². The topological polar surface area (TPSA) is 524 Å². The van der Waals surface area contributed by atoms with Crippen molar-refractivity contribution in [1.82, 2.24) is 10.6 Å². The Hall–Kier alpha value is -3.67. The molecule has 402 valence electrons. The molecule has 0 radical (unpaired) electrons. The molecule has 4 aliphatic heterocycles. The van der Waals surface area contributed by atoms with E-state index in [4.69, 9.17) is 47.6 Å². The number of amides is 2. The molecule has 4 fully saturated rings. The van der Waals surface area contributed by atoms with Crippen LogP contribution < -0.4 is 10.6 Å². The molecular formula is C34H55N5O29S2. The summed E-state index contributed by atoms with van der Waals surface area (Å²) in [5, 5.41) is 103. The number of carbonyl (C=O) groups excluding carboxylic acids is 2. The number of rotatable bonds is 24. The molecule has 4 heterocycles. The summed E-state index contributed by atoms with van der Waals surface area (Å²) in [7, 11) is -11.1. The van der Waals surface area contributed by atoms with Crippen molar-refractivity contribution >= 4 is 44.6 Å². The maximum Gasteiger partial charge on any atom is 0.397 e. The van der Waals surface area contributed by atoms with Crippen LogP contribution in [0, 0.1) is 0 Å². The van der Waals surface area contributed by atoms with E-state index >= 15 is 0 Å². The van der Waals surface area contributed by atoms with Crippen LogP contribution in [0.5, 0.6) is 0 Å². The van der Waals surface area contributed by atoms with E-state index in [0.717, 1.165) is 13.8 Å². The Balaban J connectivity index is 1.70. The Morgan fingerprint density at radius 2 is 1.03 bits per heavy atom. The number of aliphatic carboxylic acids is 2. The first-order valence-electron chi connectivity index (χ1n) is 20.9. The molecule has 0 aliphatic carbocycles. The fourth-order valence-corrected chi connectivity index (χ4v) is 8.81. The number of ether oxygens (including phenoxy) is 8. The molecule has 70 heavy (non-hydrogen) atoms. The Bertz CT molecular complexity index is 2050. The molecule has 34 nitrogen and oxygen atoms in total. The molecule has 0 aromatic rings. The van der Waals surface area contributed by atoms with Crippen LogP contribution in [-0.2, 0) is 86.2 Å². The molecule has 4 aliphatic rings. The molecule has 2 amide bonds. The lowest BCUT2D eigenvalue weighted by atomic mass is 9.94. The Kier molecular flexibility index (Phi) is 21.7. The van der Waals surface area contributed by atoms with Gasteiger partial charge in [-0.15, -0.1) is 0 Å². The van der Waals surface area contributed by atoms with Gasteiger partial charge in [-0.2, -0.15) is 16.8 Å². The molecule has 20 atom stereocenters. The first-order valence-corrected chi connectivity index (χ1v) is 23.6. The maximum absolute atomic E-state index is 12.9. The van der Waals surface area contributed by atoms with Crippen molar-refractivity contribution in [1.29, 1.82) is 0 Å². The quantitative estimate of drug-likeness (QED) is 0.0140. The van der Waals surface area contributed by atoms with E-state index in [1.54, 1.807) is 0 Å². The van der Waals surface area contributed by atoms with E-state index in [-0.39, 0.29) is 13.2 Å². The van der Waals surface area contributed by atoms with Crippen LogP contribution in [0.1, 0.15) is 39.5 Å². The van der Waals surface area contributed by atoms with Crippen molar-refractivity contribution < 1.29 is 137 Å². The van der Waals surface area contributed by atoms with E-state index in [0.29, 0.717) is 25.7 Å². The van der Waals surface area contributed by atoms with Crippen LogP contribution in [0.3, 0.4) is 0 Å². The summed E-state index contributed by atoms with van der Waals surface area (Å²) in [6.45, 7) is -0.519. The second-order valence-corrected chi connectivity index (χ2v) is 18.0. The number of hydrogen-bond acceptors (Lipinski definition) is 26. The number of nitrogens with zero attached hydrogens (tertiary/aromatic N) is 3. The van der Waals surface area contributed by atoms with Gasteiger partial charge in [0.05, 0.1) is 13.2 Å². The summed E-state index contributed by atoms with van der Waals surface area (Å²) >= 11 is 0. The average Bonchev–Trinajstić information content (AvgIpc) is 3.25. The predicted molar refractivity (Wildman–Crippen MR) is 215 cm³/mol. The number of aliphatic hydroxyl groups excluding tert-OH is 7. The molecule has 36 heteroatoms. The third kappa shape index (κ3) is 15.7. The number of carbonyl (C=O) groups is 4.